The number of carbonyl (C=O) groups is 2. The Morgan fingerprint density at radius 3 is 2.44 bits per heavy atom. The molecule has 0 bridgehead atoms. The summed E-state index contributed by atoms with van der Waals surface area (Å²) in [6, 6.07) is 21.4. The van der Waals surface area contributed by atoms with E-state index in [-0.39, 0.29) is 35.7 Å². The van der Waals surface area contributed by atoms with Gasteiger partial charge in [0.15, 0.2) is 0 Å². The zero-order valence-corrected chi connectivity index (χ0v) is 25.6. The number of ether oxygens (including phenoxy) is 1. The summed E-state index contributed by atoms with van der Waals surface area (Å²) in [6.07, 6.45) is 6.85. The van der Waals surface area contributed by atoms with Crippen LogP contribution in [0.3, 0.4) is 0 Å². The monoisotopic (exact) mass is 579 g/mol. The molecule has 7 heteroatoms. The lowest BCUT2D eigenvalue weighted by Crippen LogP contribution is -2.27. The number of anilines is 1. The first-order valence-corrected chi connectivity index (χ1v) is 15.2. The van der Waals surface area contributed by atoms with Gasteiger partial charge in [0.05, 0.1) is 24.0 Å². The van der Waals surface area contributed by atoms with Crippen LogP contribution in [-0.2, 0) is 27.3 Å². The van der Waals surface area contributed by atoms with Crippen molar-refractivity contribution < 1.29 is 14.3 Å². The molecule has 1 aliphatic carbocycles. The van der Waals surface area contributed by atoms with Crippen LogP contribution < -0.4 is 10.9 Å². The van der Waals surface area contributed by atoms with Gasteiger partial charge in [0, 0.05) is 17.5 Å². The molecule has 0 radical (unpaired) electrons. The minimum Gasteiger partial charge on any atom is -0.460 e. The molecule has 1 fully saturated rings. The summed E-state index contributed by atoms with van der Waals surface area (Å²) in [4.78, 5) is 39.1. The molecule has 1 aliphatic rings. The van der Waals surface area contributed by atoms with Crippen LogP contribution >= 0.6 is 0 Å². The molecular formula is C36H41N3O4. The van der Waals surface area contributed by atoms with E-state index in [1.807, 2.05) is 94.4 Å². The van der Waals surface area contributed by atoms with Gasteiger partial charge in [-0.1, -0.05) is 67.4 Å². The third-order valence-electron chi connectivity index (χ3n) is 8.31. The smallest absolute Gasteiger partial charge is 0.306 e. The maximum atomic E-state index is 13.9. The summed E-state index contributed by atoms with van der Waals surface area (Å²) in [7, 11) is 0. The first-order chi connectivity index (χ1) is 20.6. The number of aromatic nitrogens is 2. The van der Waals surface area contributed by atoms with Crippen LogP contribution in [0.25, 0.3) is 10.8 Å². The van der Waals surface area contributed by atoms with E-state index in [1.54, 1.807) is 6.20 Å². The standard InChI is InChI=1S/C36H41N3O4/c1-24-26(20-21-32(40)43-36(2,3)4)13-9-15-31(24)38-34(41)33(27-10-5-6-11-27)28-18-16-25(17-19-28)23-39-35(42)30-14-8-7-12-29(30)22-37-39/h7-9,12-19,22,27,33H,5-6,10-11,20-21,23H2,1-4H3,(H,38,41). The van der Waals surface area contributed by atoms with Gasteiger partial charge < -0.3 is 10.1 Å². The predicted octanol–water partition coefficient (Wildman–Crippen LogP) is 6.94. The highest BCUT2D eigenvalue weighted by Crippen LogP contribution is 2.38. The molecule has 5 rings (SSSR count). The molecule has 0 saturated heterocycles. The van der Waals surface area contributed by atoms with Gasteiger partial charge in [0.25, 0.3) is 5.56 Å². The van der Waals surface area contributed by atoms with Crippen LogP contribution in [0.4, 0.5) is 5.69 Å². The molecular weight excluding hydrogens is 538 g/mol. The number of hydrogen-bond donors (Lipinski definition) is 1. The summed E-state index contributed by atoms with van der Waals surface area (Å²) < 4.78 is 6.95. The number of esters is 1. The van der Waals surface area contributed by atoms with Crippen molar-refractivity contribution in [2.75, 3.05) is 5.32 Å². The summed E-state index contributed by atoms with van der Waals surface area (Å²) in [6.45, 7) is 7.94. The average molecular weight is 580 g/mol. The van der Waals surface area contributed by atoms with Gasteiger partial charge in [-0.15, -0.1) is 0 Å². The molecule has 224 valence electrons. The van der Waals surface area contributed by atoms with Gasteiger partial charge >= 0.3 is 5.97 Å². The molecule has 4 aromatic rings. The first kappa shape index (κ1) is 30.2. The highest BCUT2D eigenvalue weighted by molar-refractivity contribution is 5.97. The van der Waals surface area contributed by atoms with Gasteiger partial charge in [-0.25, -0.2) is 4.68 Å². The molecule has 1 amide bonds. The topological polar surface area (TPSA) is 90.3 Å². The molecule has 1 N–H and O–H groups in total. The fourth-order valence-corrected chi connectivity index (χ4v) is 6.10. The third-order valence-corrected chi connectivity index (χ3v) is 8.31. The lowest BCUT2D eigenvalue weighted by atomic mass is 9.83. The Morgan fingerprint density at radius 2 is 1.72 bits per heavy atom. The second-order valence-electron chi connectivity index (χ2n) is 12.6. The van der Waals surface area contributed by atoms with Crippen molar-refractivity contribution in [3.05, 3.63) is 106 Å². The van der Waals surface area contributed by atoms with E-state index in [4.69, 9.17) is 4.74 Å². The summed E-state index contributed by atoms with van der Waals surface area (Å²) >= 11 is 0. The van der Waals surface area contributed by atoms with Gasteiger partial charge in [-0.05, 0) is 87.3 Å². The Morgan fingerprint density at radius 1 is 1.00 bits per heavy atom. The molecule has 43 heavy (non-hydrogen) atoms. The average Bonchev–Trinajstić information content (AvgIpc) is 3.50. The van der Waals surface area contributed by atoms with Crippen LogP contribution in [0.15, 0.2) is 77.7 Å². The Labute approximate surface area is 253 Å². The molecule has 1 atom stereocenters. The fourth-order valence-electron chi connectivity index (χ4n) is 6.10. The predicted molar refractivity (Wildman–Crippen MR) is 170 cm³/mol. The van der Waals surface area contributed by atoms with E-state index in [0.717, 1.165) is 59.0 Å². The summed E-state index contributed by atoms with van der Waals surface area (Å²) in [5.41, 5.74) is 4.05. The van der Waals surface area contributed by atoms with Gasteiger partial charge in [0.1, 0.15) is 5.60 Å². The van der Waals surface area contributed by atoms with E-state index < -0.39 is 5.60 Å². The zero-order valence-electron chi connectivity index (χ0n) is 25.6. The maximum absolute atomic E-state index is 13.9. The number of aryl methyl sites for hydroxylation is 1. The quantitative estimate of drug-likeness (QED) is 0.217. The Bertz CT molecular complexity index is 1660. The number of benzene rings is 3. The molecule has 3 aromatic carbocycles. The first-order valence-electron chi connectivity index (χ1n) is 15.2. The third kappa shape index (κ3) is 7.39. The lowest BCUT2D eigenvalue weighted by molar-refractivity contribution is -0.154. The Hall–Kier alpha value is -4.26. The number of nitrogens with one attached hydrogen (secondary N) is 1. The number of carbonyl (C=O) groups excluding carboxylic acids is 2. The summed E-state index contributed by atoms with van der Waals surface area (Å²) in [5, 5.41) is 9.06. The van der Waals surface area contributed by atoms with Gasteiger partial charge in [-0.2, -0.15) is 5.10 Å². The number of fused-ring (bicyclic) bond motifs is 1. The second kappa shape index (κ2) is 12.9. The Balaban J connectivity index is 1.32. The van der Waals surface area contributed by atoms with Gasteiger partial charge in [0.2, 0.25) is 5.91 Å². The van der Waals surface area contributed by atoms with Crippen LogP contribution in [0.5, 0.6) is 0 Å². The van der Waals surface area contributed by atoms with Crippen molar-refractivity contribution in [3.63, 3.8) is 0 Å². The fraction of sp³-hybridized carbons (Fsp3) is 0.389. The molecule has 1 unspecified atom stereocenters. The molecule has 1 heterocycles. The normalized spacial score (nSPS) is 14.5. The molecule has 1 saturated carbocycles. The highest BCUT2D eigenvalue weighted by Gasteiger charge is 2.32. The van der Waals surface area contributed by atoms with Crippen LogP contribution in [0, 0.1) is 12.8 Å². The van der Waals surface area contributed by atoms with Crippen molar-refractivity contribution in [2.24, 2.45) is 5.92 Å². The molecule has 0 aliphatic heterocycles. The van der Waals surface area contributed by atoms with E-state index in [9.17, 15) is 14.4 Å². The number of hydrogen-bond acceptors (Lipinski definition) is 5. The highest BCUT2D eigenvalue weighted by atomic mass is 16.6. The van der Waals surface area contributed by atoms with E-state index in [2.05, 4.69) is 10.4 Å². The van der Waals surface area contributed by atoms with Crippen LogP contribution in [0.1, 0.15) is 81.0 Å². The number of rotatable bonds is 9. The van der Waals surface area contributed by atoms with Crippen molar-refractivity contribution >= 4 is 28.3 Å². The minimum absolute atomic E-state index is 0.0144. The number of nitrogens with zero attached hydrogens (tertiary/aromatic N) is 2. The zero-order chi connectivity index (χ0) is 30.6. The maximum Gasteiger partial charge on any atom is 0.306 e. The van der Waals surface area contributed by atoms with Gasteiger partial charge in [-0.3, -0.25) is 14.4 Å². The largest absolute Gasteiger partial charge is 0.460 e. The minimum atomic E-state index is -0.513. The molecule has 7 nitrogen and oxygen atoms in total. The van der Waals surface area contributed by atoms with Crippen molar-refractivity contribution in [1.29, 1.82) is 0 Å². The lowest BCUT2D eigenvalue weighted by Gasteiger charge is -2.24. The van der Waals surface area contributed by atoms with E-state index in [1.165, 1.54) is 4.68 Å². The Kier molecular flexibility index (Phi) is 9.09. The molecule has 1 aromatic heterocycles. The van der Waals surface area contributed by atoms with Crippen molar-refractivity contribution in [1.82, 2.24) is 9.78 Å². The molecule has 0 spiro atoms. The van der Waals surface area contributed by atoms with Crippen molar-refractivity contribution in [3.8, 4) is 0 Å². The summed E-state index contributed by atoms with van der Waals surface area (Å²) in [5.74, 6) is -0.249. The van der Waals surface area contributed by atoms with Crippen molar-refractivity contribution in [2.45, 2.75) is 84.3 Å². The van der Waals surface area contributed by atoms with Crippen LogP contribution in [-0.4, -0.2) is 27.3 Å². The van der Waals surface area contributed by atoms with Crippen LogP contribution in [0.2, 0.25) is 0 Å². The number of amides is 1. The van der Waals surface area contributed by atoms with E-state index in [0.29, 0.717) is 18.4 Å². The second-order valence-corrected chi connectivity index (χ2v) is 12.6. The van der Waals surface area contributed by atoms with E-state index >= 15 is 0 Å². The SMILES string of the molecule is Cc1c(CCC(=O)OC(C)(C)C)cccc1NC(=O)C(c1ccc(Cn2ncc3ccccc3c2=O)cc1)C1CCCC1.